The molecule has 0 saturated carbocycles. The number of hydrogen-bond donors (Lipinski definition) is 1. The molecule has 0 heterocycles. The number of anilines is 1. The van der Waals surface area contributed by atoms with Crippen LogP contribution in [0.1, 0.15) is 5.56 Å². The van der Waals surface area contributed by atoms with Crippen LogP contribution in [0.15, 0.2) is 48.5 Å². The Kier molecular flexibility index (Phi) is 5.14. The maximum absolute atomic E-state index is 12.1. The molecule has 114 valence electrons. The lowest BCUT2D eigenvalue weighted by atomic mass is 10.1. The number of ketones is 1. The van der Waals surface area contributed by atoms with E-state index in [0.29, 0.717) is 22.7 Å². The van der Waals surface area contributed by atoms with Crippen molar-refractivity contribution in [3.8, 4) is 11.5 Å². The SMILES string of the molecule is COc1ccccc1CC(=O)C(=O)Nc1ccccc1OC. The second kappa shape index (κ2) is 7.26. The van der Waals surface area contributed by atoms with Crippen LogP contribution in [0.3, 0.4) is 0 Å². The molecule has 0 atom stereocenters. The smallest absolute Gasteiger partial charge is 0.292 e. The first-order chi connectivity index (χ1) is 10.7. The van der Waals surface area contributed by atoms with Gasteiger partial charge in [0.15, 0.2) is 0 Å². The summed E-state index contributed by atoms with van der Waals surface area (Å²) in [6, 6.07) is 14.0. The summed E-state index contributed by atoms with van der Waals surface area (Å²) in [7, 11) is 3.03. The fourth-order valence-electron chi connectivity index (χ4n) is 2.04. The van der Waals surface area contributed by atoms with E-state index in [4.69, 9.17) is 9.47 Å². The molecule has 5 heteroatoms. The van der Waals surface area contributed by atoms with Crippen molar-refractivity contribution in [2.45, 2.75) is 6.42 Å². The molecule has 0 fully saturated rings. The number of Topliss-reactive ketones (excluding diaryl/α,β-unsaturated/α-hetero) is 1. The van der Waals surface area contributed by atoms with Crippen LogP contribution in [0, 0.1) is 0 Å². The van der Waals surface area contributed by atoms with Crippen molar-refractivity contribution < 1.29 is 19.1 Å². The van der Waals surface area contributed by atoms with Crippen LogP contribution < -0.4 is 14.8 Å². The van der Waals surface area contributed by atoms with Crippen molar-refractivity contribution in [2.75, 3.05) is 19.5 Å². The van der Waals surface area contributed by atoms with Gasteiger partial charge in [0, 0.05) is 12.0 Å². The van der Waals surface area contributed by atoms with Gasteiger partial charge in [-0.15, -0.1) is 0 Å². The second-order valence-corrected chi connectivity index (χ2v) is 4.57. The Morgan fingerprint density at radius 3 is 2.18 bits per heavy atom. The van der Waals surface area contributed by atoms with Gasteiger partial charge in [-0.1, -0.05) is 30.3 Å². The number of hydrogen-bond acceptors (Lipinski definition) is 4. The molecule has 22 heavy (non-hydrogen) atoms. The minimum absolute atomic E-state index is 0.0228. The third kappa shape index (κ3) is 3.63. The van der Waals surface area contributed by atoms with Gasteiger partial charge in [0.1, 0.15) is 11.5 Å². The molecule has 0 unspecified atom stereocenters. The highest BCUT2D eigenvalue weighted by atomic mass is 16.5. The van der Waals surface area contributed by atoms with Crippen LogP contribution in [0.25, 0.3) is 0 Å². The highest BCUT2D eigenvalue weighted by molar-refractivity contribution is 6.41. The van der Waals surface area contributed by atoms with Crippen molar-refractivity contribution in [1.82, 2.24) is 0 Å². The summed E-state index contributed by atoms with van der Waals surface area (Å²) in [5.74, 6) is -0.146. The largest absolute Gasteiger partial charge is 0.496 e. The molecular formula is C17H17NO4. The zero-order valence-corrected chi connectivity index (χ0v) is 12.5. The van der Waals surface area contributed by atoms with Crippen LogP contribution in [-0.4, -0.2) is 25.9 Å². The number of carbonyl (C=O) groups is 2. The minimum Gasteiger partial charge on any atom is -0.496 e. The Hall–Kier alpha value is -2.82. The molecular weight excluding hydrogens is 282 g/mol. The van der Waals surface area contributed by atoms with E-state index >= 15 is 0 Å². The topological polar surface area (TPSA) is 64.6 Å². The first kappa shape index (κ1) is 15.6. The number of benzene rings is 2. The molecule has 2 aromatic rings. The van der Waals surface area contributed by atoms with Gasteiger partial charge >= 0.3 is 0 Å². The fourth-order valence-corrected chi connectivity index (χ4v) is 2.04. The lowest BCUT2D eigenvalue weighted by molar-refractivity contribution is -0.134. The molecule has 0 aliphatic carbocycles. The predicted molar refractivity (Wildman–Crippen MR) is 83.3 cm³/mol. The first-order valence-corrected chi connectivity index (χ1v) is 6.74. The molecule has 2 aromatic carbocycles. The van der Waals surface area contributed by atoms with Gasteiger partial charge in [-0.25, -0.2) is 0 Å². The molecule has 0 aromatic heterocycles. The molecule has 1 N–H and O–H groups in total. The molecule has 0 aliphatic heterocycles. The van der Waals surface area contributed by atoms with Crippen molar-refractivity contribution in [1.29, 1.82) is 0 Å². The number of methoxy groups -OCH3 is 2. The van der Waals surface area contributed by atoms with E-state index in [1.807, 2.05) is 6.07 Å². The van der Waals surface area contributed by atoms with Gasteiger partial charge in [-0.2, -0.15) is 0 Å². The number of rotatable bonds is 6. The molecule has 0 radical (unpaired) electrons. The maximum atomic E-state index is 12.1. The summed E-state index contributed by atoms with van der Waals surface area (Å²) in [6.45, 7) is 0. The number of ether oxygens (including phenoxy) is 2. The molecule has 0 spiro atoms. The standard InChI is InChI=1S/C17H17NO4/c1-21-15-9-5-3-7-12(15)11-14(19)17(20)18-13-8-4-6-10-16(13)22-2/h3-10H,11H2,1-2H3,(H,18,20). The Morgan fingerprint density at radius 1 is 0.909 bits per heavy atom. The van der Waals surface area contributed by atoms with E-state index in [9.17, 15) is 9.59 Å². The maximum Gasteiger partial charge on any atom is 0.292 e. The van der Waals surface area contributed by atoms with E-state index in [1.165, 1.54) is 14.2 Å². The van der Waals surface area contributed by atoms with Crippen molar-refractivity contribution in [2.24, 2.45) is 0 Å². The normalized spacial score (nSPS) is 9.91. The monoisotopic (exact) mass is 299 g/mol. The zero-order chi connectivity index (χ0) is 15.9. The quantitative estimate of drug-likeness (QED) is 0.832. The van der Waals surface area contributed by atoms with Crippen molar-refractivity contribution in [3.63, 3.8) is 0 Å². The highest BCUT2D eigenvalue weighted by Crippen LogP contribution is 2.23. The highest BCUT2D eigenvalue weighted by Gasteiger charge is 2.17. The Labute approximate surface area is 128 Å². The molecule has 0 aliphatic rings. The van der Waals surface area contributed by atoms with Crippen LogP contribution in [-0.2, 0) is 16.0 Å². The summed E-state index contributed by atoms with van der Waals surface area (Å²) in [4.78, 5) is 24.1. The fraction of sp³-hybridized carbons (Fsp3) is 0.176. The predicted octanol–water partition coefficient (Wildman–Crippen LogP) is 2.45. The third-order valence-corrected chi connectivity index (χ3v) is 3.15. The van der Waals surface area contributed by atoms with Crippen LogP contribution in [0.4, 0.5) is 5.69 Å². The number of nitrogens with one attached hydrogen (secondary N) is 1. The summed E-state index contributed by atoms with van der Waals surface area (Å²) in [5.41, 5.74) is 1.13. The number of para-hydroxylation sites is 3. The van der Waals surface area contributed by atoms with Gasteiger partial charge in [0.05, 0.1) is 19.9 Å². The average molecular weight is 299 g/mol. The van der Waals surface area contributed by atoms with E-state index in [-0.39, 0.29) is 6.42 Å². The number of amides is 1. The number of carbonyl (C=O) groups excluding carboxylic acids is 2. The van der Waals surface area contributed by atoms with E-state index < -0.39 is 11.7 Å². The van der Waals surface area contributed by atoms with E-state index in [0.717, 1.165) is 0 Å². The molecule has 5 nitrogen and oxygen atoms in total. The second-order valence-electron chi connectivity index (χ2n) is 4.57. The van der Waals surface area contributed by atoms with Crippen molar-refractivity contribution >= 4 is 17.4 Å². The van der Waals surface area contributed by atoms with Crippen LogP contribution in [0.2, 0.25) is 0 Å². The van der Waals surface area contributed by atoms with Gasteiger partial charge in [-0.3, -0.25) is 9.59 Å². The zero-order valence-electron chi connectivity index (χ0n) is 12.5. The molecule has 1 amide bonds. The van der Waals surface area contributed by atoms with E-state index in [1.54, 1.807) is 42.5 Å². The van der Waals surface area contributed by atoms with Gasteiger partial charge in [-0.05, 0) is 18.2 Å². The van der Waals surface area contributed by atoms with Crippen LogP contribution >= 0.6 is 0 Å². The van der Waals surface area contributed by atoms with Gasteiger partial charge in [0.2, 0.25) is 5.78 Å². The first-order valence-electron chi connectivity index (χ1n) is 6.74. The van der Waals surface area contributed by atoms with Crippen molar-refractivity contribution in [3.05, 3.63) is 54.1 Å². The summed E-state index contributed by atoms with van der Waals surface area (Å²) >= 11 is 0. The Balaban J connectivity index is 2.08. The molecule has 0 bridgehead atoms. The summed E-state index contributed by atoms with van der Waals surface area (Å²) in [6.07, 6.45) is -0.0228. The molecule has 2 rings (SSSR count). The van der Waals surface area contributed by atoms with Gasteiger partial charge in [0.25, 0.3) is 5.91 Å². The third-order valence-electron chi connectivity index (χ3n) is 3.15. The van der Waals surface area contributed by atoms with E-state index in [2.05, 4.69) is 5.32 Å². The average Bonchev–Trinajstić information content (AvgIpc) is 2.55. The molecule has 0 saturated heterocycles. The summed E-state index contributed by atoms with van der Waals surface area (Å²) in [5, 5.41) is 2.56. The van der Waals surface area contributed by atoms with Crippen LogP contribution in [0.5, 0.6) is 11.5 Å². The lowest BCUT2D eigenvalue weighted by Crippen LogP contribution is -2.24. The Morgan fingerprint density at radius 2 is 1.50 bits per heavy atom. The lowest BCUT2D eigenvalue weighted by Gasteiger charge is -2.10. The summed E-state index contributed by atoms with van der Waals surface area (Å²) < 4.78 is 10.3. The Bertz CT molecular complexity index is 622. The minimum atomic E-state index is -0.685. The van der Waals surface area contributed by atoms with Gasteiger partial charge < -0.3 is 14.8 Å².